The molecule has 0 aromatic heterocycles. The fraction of sp³-hybridized carbons (Fsp3) is 0.333. The molecule has 2 aliphatic carbocycles. The number of hydrogen-bond acceptors (Lipinski definition) is 0. The van der Waals surface area contributed by atoms with E-state index in [1.54, 1.807) is 11.1 Å². The van der Waals surface area contributed by atoms with Crippen molar-refractivity contribution >= 4 is 16.1 Å². The van der Waals surface area contributed by atoms with E-state index in [0.717, 1.165) is 11.1 Å². The van der Waals surface area contributed by atoms with Crippen molar-refractivity contribution in [3.05, 3.63) is 119 Å². The summed E-state index contributed by atoms with van der Waals surface area (Å²) in [6, 6.07) is 47.3. The molecule has 2 heterocycles. The van der Waals surface area contributed by atoms with E-state index in [0.29, 0.717) is 0 Å². The number of benzene rings is 4. The third-order valence-corrected chi connectivity index (χ3v) is 22.7. The zero-order valence-electron chi connectivity index (χ0n) is 24.2. The van der Waals surface area contributed by atoms with E-state index in [1.165, 1.54) is 82.5 Å². The minimum absolute atomic E-state index is 0. The molecule has 4 aromatic rings. The first kappa shape index (κ1) is 32.5. The first-order valence-electron chi connectivity index (χ1n) is 14.9. The van der Waals surface area contributed by atoms with Crippen LogP contribution in [0.4, 0.5) is 0 Å². The molecule has 0 radical (unpaired) electrons. The quantitative estimate of drug-likeness (QED) is 0.233. The predicted molar refractivity (Wildman–Crippen MR) is 166 cm³/mol. The van der Waals surface area contributed by atoms with Crippen molar-refractivity contribution < 1.29 is 46.5 Å². The Kier molecular flexibility index (Phi) is 10.4. The Hall–Kier alpha value is -1.39. The molecule has 208 valence electrons. The third-order valence-electron chi connectivity index (χ3n) is 10.8. The van der Waals surface area contributed by atoms with E-state index < -0.39 is 16.1 Å². The molecule has 2 atom stereocenters. The Morgan fingerprint density at radius 3 is 1.27 bits per heavy atom. The smallest absolute Gasteiger partial charge is 1.00 e. The van der Waals surface area contributed by atoms with Crippen LogP contribution in [-0.2, 0) is 21.7 Å². The summed E-state index contributed by atoms with van der Waals surface area (Å²) in [4.78, 5) is 0. The minimum atomic E-state index is -1.12. The fourth-order valence-corrected chi connectivity index (χ4v) is 17.8. The zero-order valence-corrected chi connectivity index (χ0v) is 29.2. The van der Waals surface area contributed by atoms with Crippen LogP contribution in [0, 0.1) is 12.1 Å². The van der Waals surface area contributed by atoms with Crippen LogP contribution >= 0.6 is 0 Å². The summed E-state index contributed by atoms with van der Waals surface area (Å²) >= 11 is 0. The average Bonchev–Trinajstić information content (AvgIpc) is 3.44. The molecule has 2 fully saturated rings. The van der Waals surface area contributed by atoms with Gasteiger partial charge in [-0.1, -0.05) is 123 Å². The molecule has 0 saturated carbocycles. The summed E-state index contributed by atoms with van der Waals surface area (Å²) < 4.78 is 0. The molecule has 2 unspecified atom stereocenters. The maximum Gasteiger partial charge on any atom is 4.00 e. The summed E-state index contributed by atoms with van der Waals surface area (Å²) in [5, 5.41) is 0. The van der Waals surface area contributed by atoms with Gasteiger partial charge in [0.05, 0.1) is 16.1 Å². The summed E-state index contributed by atoms with van der Waals surface area (Å²) in [6.07, 6.45) is 2.92. The van der Waals surface area contributed by atoms with E-state index in [-0.39, 0.29) is 46.5 Å². The molecule has 0 bridgehead atoms. The van der Waals surface area contributed by atoms with Gasteiger partial charge in [-0.2, -0.15) is 48.5 Å². The van der Waals surface area contributed by atoms with Crippen LogP contribution in [0.15, 0.2) is 84.9 Å². The second kappa shape index (κ2) is 13.1. The van der Waals surface area contributed by atoms with Crippen molar-refractivity contribution in [1.29, 1.82) is 0 Å². The van der Waals surface area contributed by atoms with Gasteiger partial charge in [-0.15, -0.1) is 22.3 Å². The largest absolute Gasteiger partial charge is 4.00 e. The van der Waals surface area contributed by atoms with Gasteiger partial charge in [0.2, 0.25) is 0 Å². The van der Waals surface area contributed by atoms with Crippen LogP contribution in [0.3, 0.4) is 0 Å². The molecular weight excluding hydrogens is 607 g/mol. The van der Waals surface area contributed by atoms with Gasteiger partial charge in [0.25, 0.3) is 0 Å². The Morgan fingerprint density at radius 1 is 0.561 bits per heavy atom. The summed E-state index contributed by atoms with van der Waals surface area (Å²) in [5.74, 6) is 0. The molecule has 4 aromatic carbocycles. The number of hydrogen-bond donors (Lipinski definition) is 0. The maximum atomic E-state index is 3.59. The SMILES string of the molecule is CC[Si]1(C2c3[c-]cccc3-c3ccccc32)CCC1.CC[Si]1(C2c3[c-]cccc3-c3ccccc32)CCC1.[Cl-].[Cl-].[Ti+4]. The van der Waals surface area contributed by atoms with E-state index >= 15 is 0 Å². The van der Waals surface area contributed by atoms with Crippen molar-refractivity contribution in [1.82, 2.24) is 0 Å². The predicted octanol–water partition coefficient (Wildman–Crippen LogP) is 4.03. The summed E-state index contributed by atoms with van der Waals surface area (Å²) in [7, 11) is -2.23. The second-order valence-electron chi connectivity index (χ2n) is 12.2. The van der Waals surface area contributed by atoms with E-state index in [1.807, 2.05) is 0 Å². The zero-order chi connectivity index (χ0) is 25.7. The molecule has 4 aliphatic rings. The van der Waals surface area contributed by atoms with Gasteiger partial charge in [-0.05, 0) is 22.2 Å². The van der Waals surface area contributed by atoms with Gasteiger partial charge in [0, 0.05) is 0 Å². The maximum absolute atomic E-state index is 3.59. The van der Waals surface area contributed by atoms with Crippen LogP contribution in [0.2, 0.25) is 36.3 Å². The van der Waals surface area contributed by atoms with Crippen LogP contribution in [0.25, 0.3) is 22.3 Å². The number of rotatable bonds is 4. The van der Waals surface area contributed by atoms with Gasteiger partial charge >= 0.3 is 21.7 Å². The topological polar surface area (TPSA) is 0 Å². The average molecular weight is 646 g/mol. The van der Waals surface area contributed by atoms with Crippen LogP contribution < -0.4 is 24.8 Å². The molecular formula is C36H38Cl2Si2Ti. The normalized spacial score (nSPS) is 20.8. The molecule has 2 aliphatic heterocycles. The molecule has 0 nitrogen and oxygen atoms in total. The molecule has 2 saturated heterocycles. The van der Waals surface area contributed by atoms with Crippen molar-refractivity contribution in [3.8, 4) is 22.3 Å². The van der Waals surface area contributed by atoms with Crippen molar-refractivity contribution in [2.45, 2.75) is 74.0 Å². The molecule has 5 heteroatoms. The Labute approximate surface area is 276 Å². The van der Waals surface area contributed by atoms with Gasteiger partial charge in [0.15, 0.2) is 0 Å². The molecule has 0 N–H and O–H groups in total. The summed E-state index contributed by atoms with van der Waals surface area (Å²) in [6.45, 7) is 4.85. The first-order chi connectivity index (χ1) is 18.7. The van der Waals surface area contributed by atoms with E-state index in [4.69, 9.17) is 0 Å². The third kappa shape index (κ3) is 5.11. The molecule has 0 spiro atoms. The van der Waals surface area contributed by atoms with Crippen LogP contribution in [0.5, 0.6) is 0 Å². The Balaban J connectivity index is 0.000000176. The van der Waals surface area contributed by atoms with Gasteiger partial charge in [0.1, 0.15) is 0 Å². The monoisotopic (exact) mass is 644 g/mol. The Morgan fingerprint density at radius 2 is 0.927 bits per heavy atom. The van der Waals surface area contributed by atoms with Gasteiger partial charge < -0.3 is 24.8 Å². The van der Waals surface area contributed by atoms with Crippen LogP contribution in [0.1, 0.15) is 60.0 Å². The molecule has 8 rings (SSSR count). The standard InChI is InChI=1S/2C18H19Si.2ClH.Ti/c2*1-2-19(12-7-13-19)18-16-10-5-3-8-14(16)15-9-4-6-11-17(15)18;;;/h2*3-6,8-10,18H,2,7,12-13H2,1H3;2*1H;/q2*-1;;;+4/p-2. The Bertz CT molecular complexity index is 1280. The fourth-order valence-electron chi connectivity index (χ4n) is 8.37. The molecule has 41 heavy (non-hydrogen) atoms. The van der Waals surface area contributed by atoms with Crippen molar-refractivity contribution in [2.24, 2.45) is 0 Å². The van der Waals surface area contributed by atoms with Crippen molar-refractivity contribution in [2.75, 3.05) is 0 Å². The number of fused-ring (bicyclic) bond motifs is 6. The van der Waals surface area contributed by atoms with E-state index in [2.05, 4.69) is 111 Å². The number of halogens is 2. The second-order valence-corrected chi connectivity index (χ2v) is 22.2. The first-order valence-corrected chi connectivity index (χ1v) is 20.3. The van der Waals surface area contributed by atoms with Gasteiger partial charge in [-0.3, -0.25) is 0 Å². The minimum Gasteiger partial charge on any atom is -1.00 e. The van der Waals surface area contributed by atoms with Gasteiger partial charge in [-0.25, -0.2) is 0 Å². The van der Waals surface area contributed by atoms with Crippen LogP contribution in [-0.4, -0.2) is 16.1 Å². The van der Waals surface area contributed by atoms with Crippen molar-refractivity contribution in [3.63, 3.8) is 0 Å². The van der Waals surface area contributed by atoms with E-state index in [9.17, 15) is 0 Å². The summed E-state index contributed by atoms with van der Waals surface area (Å²) in [5.41, 5.74) is 13.5. The molecule has 0 amide bonds.